The van der Waals surface area contributed by atoms with Crippen LogP contribution in [0.1, 0.15) is 322 Å². The van der Waals surface area contributed by atoms with Crippen LogP contribution >= 0.6 is 0 Å². The monoisotopic (exact) mass is 932 g/mol. The van der Waals surface area contributed by atoms with E-state index in [4.69, 9.17) is 0 Å². The summed E-state index contributed by atoms with van der Waals surface area (Å²) in [5.74, 6) is -0.594. The Balaban J connectivity index is 3.61. The fraction of sp³-hybridized carbons (Fsp3) is 0.917. The van der Waals surface area contributed by atoms with Gasteiger partial charge in [0, 0.05) is 0 Å². The van der Waals surface area contributed by atoms with Crippen LogP contribution in [-0.4, -0.2) is 57.3 Å². The number of nitrogens with one attached hydrogen (secondary N) is 1. The highest BCUT2D eigenvalue weighted by atomic mass is 16.3. The van der Waals surface area contributed by atoms with Crippen LogP contribution in [0.4, 0.5) is 0 Å². The van der Waals surface area contributed by atoms with Gasteiger partial charge in [-0.05, 0) is 64.2 Å². The lowest BCUT2D eigenvalue weighted by molar-refractivity contribution is -0.132. The first-order chi connectivity index (χ1) is 32.5. The van der Waals surface area contributed by atoms with E-state index in [1.807, 2.05) is 0 Å². The normalized spacial score (nSPS) is 13.8. The number of hydrogen-bond acceptors (Lipinski definition) is 5. The third-order valence-electron chi connectivity index (χ3n) is 14.1. The molecule has 1 amide bonds. The number of unbranched alkanes of at least 4 members (excludes halogenated alkanes) is 42. The van der Waals surface area contributed by atoms with Crippen molar-refractivity contribution in [2.24, 2.45) is 0 Å². The highest BCUT2D eigenvalue weighted by molar-refractivity contribution is 5.80. The zero-order chi connectivity index (χ0) is 48.1. The molecule has 0 radical (unpaired) electrons. The number of aliphatic hydroxyl groups is 4. The summed E-state index contributed by atoms with van der Waals surface area (Å²) in [7, 11) is 0. The zero-order valence-electron chi connectivity index (χ0n) is 44.5. The molecule has 4 atom stereocenters. The van der Waals surface area contributed by atoms with Crippen molar-refractivity contribution < 1.29 is 25.2 Å². The molecule has 0 fully saturated rings. The summed E-state index contributed by atoms with van der Waals surface area (Å²) < 4.78 is 0. The van der Waals surface area contributed by atoms with Gasteiger partial charge in [0.25, 0.3) is 0 Å². The van der Waals surface area contributed by atoms with Crippen molar-refractivity contribution in [3.05, 3.63) is 24.3 Å². The molecule has 6 heteroatoms. The SMILES string of the molecule is CCCCCCCCCCC/C=C\CCCCCCCCC(O)C(=O)NC(CO)C(O)C(O)CCC/C=C/CCCCCCCCCCCCCCCCCCCCCCCCCCCC. The molecule has 0 heterocycles. The lowest BCUT2D eigenvalue weighted by atomic mass is 10.00. The van der Waals surface area contributed by atoms with Crippen molar-refractivity contribution >= 4 is 5.91 Å². The first-order valence-corrected chi connectivity index (χ1v) is 29.7. The lowest BCUT2D eigenvalue weighted by Gasteiger charge is -2.27. The zero-order valence-corrected chi connectivity index (χ0v) is 44.5. The van der Waals surface area contributed by atoms with Crippen LogP contribution in [0, 0.1) is 0 Å². The van der Waals surface area contributed by atoms with E-state index in [0.717, 1.165) is 44.9 Å². The van der Waals surface area contributed by atoms with E-state index >= 15 is 0 Å². The average molecular weight is 933 g/mol. The van der Waals surface area contributed by atoms with Gasteiger partial charge in [0.15, 0.2) is 0 Å². The number of carbonyl (C=O) groups excluding carboxylic acids is 1. The van der Waals surface area contributed by atoms with Gasteiger partial charge in [0.1, 0.15) is 12.2 Å². The first-order valence-electron chi connectivity index (χ1n) is 29.7. The van der Waals surface area contributed by atoms with Gasteiger partial charge in [-0.25, -0.2) is 0 Å². The maximum absolute atomic E-state index is 12.6. The third-order valence-corrected chi connectivity index (χ3v) is 14.1. The Labute approximate surface area is 412 Å². The Morgan fingerprint density at radius 1 is 0.364 bits per heavy atom. The van der Waals surface area contributed by atoms with Gasteiger partial charge in [-0.15, -0.1) is 0 Å². The molecular formula is C60H117NO5. The van der Waals surface area contributed by atoms with Crippen LogP contribution in [0.3, 0.4) is 0 Å². The molecule has 0 saturated heterocycles. The molecule has 0 aromatic heterocycles. The second kappa shape index (κ2) is 54.7. The average Bonchev–Trinajstić information content (AvgIpc) is 3.32. The number of rotatable bonds is 55. The van der Waals surface area contributed by atoms with Crippen molar-refractivity contribution in [1.82, 2.24) is 5.32 Å². The molecule has 66 heavy (non-hydrogen) atoms. The van der Waals surface area contributed by atoms with Crippen molar-refractivity contribution in [1.29, 1.82) is 0 Å². The van der Waals surface area contributed by atoms with E-state index in [0.29, 0.717) is 12.8 Å². The number of amides is 1. The topological polar surface area (TPSA) is 110 Å². The molecule has 4 unspecified atom stereocenters. The fourth-order valence-corrected chi connectivity index (χ4v) is 9.46. The molecule has 5 N–H and O–H groups in total. The largest absolute Gasteiger partial charge is 0.394 e. The quantitative estimate of drug-likeness (QED) is 0.0308. The third kappa shape index (κ3) is 47.8. The lowest BCUT2D eigenvalue weighted by Crippen LogP contribution is -2.53. The van der Waals surface area contributed by atoms with Crippen LogP contribution in [0.15, 0.2) is 24.3 Å². The second-order valence-electron chi connectivity index (χ2n) is 20.7. The van der Waals surface area contributed by atoms with Crippen molar-refractivity contribution in [2.75, 3.05) is 6.61 Å². The van der Waals surface area contributed by atoms with Gasteiger partial charge < -0.3 is 25.7 Å². The van der Waals surface area contributed by atoms with Gasteiger partial charge in [0.05, 0.1) is 18.8 Å². The molecule has 0 saturated carbocycles. The van der Waals surface area contributed by atoms with E-state index < -0.39 is 36.9 Å². The van der Waals surface area contributed by atoms with E-state index in [1.54, 1.807) is 0 Å². The van der Waals surface area contributed by atoms with Crippen molar-refractivity contribution in [3.8, 4) is 0 Å². The Morgan fingerprint density at radius 3 is 0.909 bits per heavy atom. The summed E-state index contributed by atoms with van der Waals surface area (Å²) in [6.45, 7) is 4.08. The number of aliphatic hydroxyl groups excluding tert-OH is 4. The molecule has 6 nitrogen and oxygen atoms in total. The highest BCUT2D eigenvalue weighted by Gasteiger charge is 2.28. The first kappa shape index (κ1) is 64.8. The number of allylic oxidation sites excluding steroid dienone is 4. The van der Waals surface area contributed by atoms with E-state index in [9.17, 15) is 25.2 Å². The smallest absolute Gasteiger partial charge is 0.249 e. The number of carbonyl (C=O) groups is 1. The van der Waals surface area contributed by atoms with Crippen molar-refractivity contribution in [2.45, 2.75) is 346 Å². The highest BCUT2D eigenvalue weighted by Crippen LogP contribution is 2.18. The molecule has 0 aliphatic heterocycles. The van der Waals surface area contributed by atoms with E-state index in [1.165, 1.54) is 250 Å². The summed E-state index contributed by atoms with van der Waals surface area (Å²) in [5.41, 5.74) is 0. The van der Waals surface area contributed by atoms with Gasteiger partial charge in [-0.2, -0.15) is 0 Å². The molecule has 0 aliphatic carbocycles. The van der Waals surface area contributed by atoms with Gasteiger partial charge >= 0.3 is 0 Å². The standard InChI is InChI=1S/C60H117NO5/c1-3-5-7-9-11-13-15-17-19-21-23-24-25-26-27-28-29-30-31-32-33-34-36-37-39-41-43-45-47-49-51-53-57(63)59(65)56(55-62)61-60(66)58(64)54-52-50-48-46-44-42-40-38-35-22-20-18-16-14-12-10-8-6-4-2/h35,38,45,47,56-59,62-65H,3-34,36-37,39-44,46,48-55H2,1-2H3,(H,61,66)/b38-35-,47-45+. The molecule has 0 spiro atoms. The van der Waals surface area contributed by atoms with Gasteiger partial charge in [-0.1, -0.05) is 282 Å². The summed E-state index contributed by atoms with van der Waals surface area (Å²) in [6, 6.07) is -1.00. The van der Waals surface area contributed by atoms with Crippen molar-refractivity contribution in [3.63, 3.8) is 0 Å². The molecule has 392 valence electrons. The predicted molar refractivity (Wildman–Crippen MR) is 288 cm³/mol. The van der Waals surface area contributed by atoms with E-state index in [-0.39, 0.29) is 0 Å². The Bertz CT molecular complexity index is 1000. The summed E-state index contributed by atoms with van der Waals surface area (Å²) in [5, 5.41) is 44.0. The Hall–Kier alpha value is -1.21. The molecule has 0 rings (SSSR count). The van der Waals surface area contributed by atoms with Crippen LogP contribution < -0.4 is 5.32 Å². The van der Waals surface area contributed by atoms with Gasteiger partial charge in [0.2, 0.25) is 5.91 Å². The van der Waals surface area contributed by atoms with Gasteiger partial charge in [-0.3, -0.25) is 4.79 Å². The Kier molecular flexibility index (Phi) is 53.7. The molecule has 0 aromatic carbocycles. The summed E-state index contributed by atoms with van der Waals surface area (Å²) in [6.07, 6.45) is 67.0. The molecular weight excluding hydrogens is 815 g/mol. The van der Waals surface area contributed by atoms with E-state index in [2.05, 4.69) is 43.5 Å². The second-order valence-corrected chi connectivity index (χ2v) is 20.7. The summed E-state index contributed by atoms with van der Waals surface area (Å²) >= 11 is 0. The number of hydrogen-bond donors (Lipinski definition) is 5. The molecule has 0 bridgehead atoms. The minimum atomic E-state index is -1.28. The predicted octanol–water partition coefficient (Wildman–Crippen LogP) is 17.4. The molecule has 0 aliphatic rings. The minimum absolute atomic E-state index is 0.357. The van der Waals surface area contributed by atoms with Crippen LogP contribution in [0.5, 0.6) is 0 Å². The van der Waals surface area contributed by atoms with Crippen LogP contribution in [0.2, 0.25) is 0 Å². The fourth-order valence-electron chi connectivity index (χ4n) is 9.46. The minimum Gasteiger partial charge on any atom is -0.394 e. The van der Waals surface area contributed by atoms with Crippen LogP contribution in [-0.2, 0) is 4.79 Å². The maximum atomic E-state index is 12.6. The van der Waals surface area contributed by atoms with Crippen LogP contribution in [0.25, 0.3) is 0 Å². The summed E-state index contributed by atoms with van der Waals surface area (Å²) in [4.78, 5) is 12.6. The Morgan fingerprint density at radius 2 is 0.621 bits per heavy atom. The maximum Gasteiger partial charge on any atom is 0.249 e. The molecule has 0 aromatic rings.